The third-order valence-electron chi connectivity index (χ3n) is 19.2. The van der Waals surface area contributed by atoms with Crippen molar-refractivity contribution in [2.75, 3.05) is 39.6 Å². The lowest BCUT2D eigenvalue weighted by Crippen LogP contribution is -2.31. The molecule has 596 valence electrons. The number of phosphoric ester groups is 2. The lowest BCUT2D eigenvalue weighted by atomic mass is 10.0. The van der Waals surface area contributed by atoms with Gasteiger partial charge in [-0.15, -0.1) is 0 Å². The van der Waals surface area contributed by atoms with E-state index in [0.29, 0.717) is 32.1 Å². The molecule has 0 aliphatic carbocycles. The Kier molecular flexibility index (Phi) is 74.6. The maximum atomic E-state index is 13.1. The zero-order valence-corrected chi connectivity index (χ0v) is 67.1. The topological polar surface area (TPSA) is 240 Å². The number of hydrogen-bond donors (Lipinski definition) is 4. The van der Waals surface area contributed by atoms with E-state index in [-0.39, 0.29) is 25.9 Å². The molecule has 3 unspecified atom stereocenters. The van der Waals surface area contributed by atoms with Crippen molar-refractivity contribution in [3.63, 3.8) is 0 Å². The number of carbonyl (C=O) groups excluding carboxylic acids is 3. The minimum Gasteiger partial charge on any atom is -0.463 e. The quantitative estimate of drug-likeness (QED) is 0.0145. The first-order valence-electron chi connectivity index (χ1n) is 42.4. The van der Waals surface area contributed by atoms with Crippen molar-refractivity contribution in [2.45, 2.75) is 463 Å². The highest BCUT2D eigenvalue weighted by atomic mass is 31.2. The Morgan fingerprint density at radius 2 is 0.480 bits per heavy atom. The predicted octanol–water partition coefficient (Wildman–Crippen LogP) is 24.4. The molecule has 19 heteroatoms. The number of carbonyl (C=O) groups is 3. The van der Waals surface area contributed by atoms with Gasteiger partial charge >= 0.3 is 33.6 Å². The van der Waals surface area contributed by atoms with Gasteiger partial charge in [0.15, 0.2) is 12.4 Å². The third-order valence-corrected chi connectivity index (χ3v) is 21.1. The summed E-state index contributed by atoms with van der Waals surface area (Å²) in [7, 11) is -9.88. The first kappa shape index (κ1) is 98.5. The number of aliphatic hydroxyl groups excluding tert-OH is 2. The standard InChI is InChI=1S/C81H160O17P2/c1-5-9-13-17-21-25-29-33-37-41-45-49-53-57-61-65-78(83)91-71-76(97-80(85)67-63-59-55-51-47-43-39-35-31-27-23-19-15-11-7-3)73-95-99(87,88)93-69-75(82)70-94-100(89,90)96-74-77(98-81(86)68-64-60-56-52-48-44-40-36-32-28-24-20-16-12-8-4)72-92-79(84)66-62-58-54-50-46-42-38-34-30-26-22-18-14-10-6-2/h75-77,80,82,85H,5-74H2,1-4H3,(H,87,88)(H,89,90)/t75-,76+,77+,80?/m0/s1. The van der Waals surface area contributed by atoms with E-state index < -0.39 is 91.2 Å². The van der Waals surface area contributed by atoms with E-state index in [1.807, 2.05) is 0 Å². The summed E-state index contributed by atoms with van der Waals surface area (Å²) in [6.07, 6.45) is 67.3. The molecule has 0 radical (unpaired) electrons. The van der Waals surface area contributed by atoms with Crippen LogP contribution >= 0.6 is 15.6 Å². The highest BCUT2D eigenvalue weighted by Gasteiger charge is 2.30. The second-order valence-corrected chi connectivity index (χ2v) is 32.2. The fourth-order valence-electron chi connectivity index (χ4n) is 12.7. The van der Waals surface area contributed by atoms with Gasteiger partial charge in [-0.1, -0.05) is 387 Å². The summed E-state index contributed by atoms with van der Waals surface area (Å²) in [5.41, 5.74) is 0. The summed E-state index contributed by atoms with van der Waals surface area (Å²) in [5.74, 6) is -1.50. The molecule has 0 saturated heterocycles. The lowest BCUT2D eigenvalue weighted by Gasteiger charge is -2.23. The van der Waals surface area contributed by atoms with Gasteiger partial charge in [-0.25, -0.2) is 9.13 Å². The molecule has 0 amide bonds. The van der Waals surface area contributed by atoms with Gasteiger partial charge in [0.25, 0.3) is 0 Å². The Bertz CT molecular complexity index is 1850. The zero-order valence-electron chi connectivity index (χ0n) is 65.3. The number of aliphatic hydroxyl groups is 2. The Labute approximate surface area is 614 Å². The van der Waals surface area contributed by atoms with Crippen molar-refractivity contribution in [3.05, 3.63) is 0 Å². The van der Waals surface area contributed by atoms with Gasteiger partial charge in [0, 0.05) is 19.3 Å². The molecule has 0 aromatic heterocycles. The molecule has 0 aromatic carbocycles. The molecule has 6 atom stereocenters. The van der Waals surface area contributed by atoms with Crippen LogP contribution in [0, 0.1) is 0 Å². The zero-order chi connectivity index (χ0) is 73.2. The van der Waals surface area contributed by atoms with Crippen LogP contribution in [0.1, 0.15) is 439 Å². The van der Waals surface area contributed by atoms with E-state index >= 15 is 0 Å². The van der Waals surface area contributed by atoms with Gasteiger partial charge in [0.2, 0.25) is 0 Å². The molecule has 0 saturated carbocycles. The summed E-state index contributed by atoms with van der Waals surface area (Å²) in [6, 6.07) is 0. The fraction of sp³-hybridized carbons (Fsp3) is 0.963. The van der Waals surface area contributed by atoms with Gasteiger partial charge < -0.3 is 38.9 Å². The molecule has 0 rings (SSSR count). The van der Waals surface area contributed by atoms with Gasteiger partial charge in [-0.2, -0.15) is 0 Å². The Morgan fingerprint density at radius 3 is 0.750 bits per heavy atom. The van der Waals surface area contributed by atoms with Crippen molar-refractivity contribution < 1.29 is 80.6 Å². The molecule has 0 aromatic rings. The van der Waals surface area contributed by atoms with Gasteiger partial charge in [-0.3, -0.25) is 32.5 Å². The van der Waals surface area contributed by atoms with E-state index in [1.54, 1.807) is 0 Å². The van der Waals surface area contributed by atoms with E-state index in [0.717, 1.165) is 83.5 Å². The van der Waals surface area contributed by atoms with Crippen LogP contribution in [-0.2, 0) is 60.6 Å². The number of phosphoric acid groups is 2. The molecule has 0 fully saturated rings. The second-order valence-electron chi connectivity index (χ2n) is 29.3. The average Bonchev–Trinajstić information content (AvgIpc) is 1.01. The Balaban J connectivity index is 5.26. The van der Waals surface area contributed by atoms with Crippen LogP contribution < -0.4 is 0 Å². The summed E-state index contributed by atoms with van der Waals surface area (Å²) in [5, 5.41) is 21.6. The minimum absolute atomic E-state index is 0.113. The van der Waals surface area contributed by atoms with E-state index in [4.69, 9.17) is 37.0 Å². The fourth-order valence-corrected chi connectivity index (χ4v) is 14.3. The number of hydrogen-bond acceptors (Lipinski definition) is 15. The van der Waals surface area contributed by atoms with Crippen LogP contribution in [-0.4, -0.2) is 102 Å². The smallest absolute Gasteiger partial charge is 0.463 e. The maximum Gasteiger partial charge on any atom is 0.472 e. The number of ether oxygens (including phenoxy) is 4. The SMILES string of the molecule is CCCCCCCCCCCCCCCCCC(=O)OC[C@H](COP(=O)(O)OC[C@@H](O)COP(=O)(O)OC[C@@H](COC(=O)CCCCCCCCCCCCCCCCC)OC(O)CCCCCCCCCCCCCCCCC)OC(=O)CCCCCCCCCCCCCCCCC. The molecule has 100 heavy (non-hydrogen) atoms. The van der Waals surface area contributed by atoms with E-state index in [9.17, 15) is 43.5 Å². The summed E-state index contributed by atoms with van der Waals surface area (Å²) in [6.45, 7) is 5.22. The molecule has 0 aliphatic heterocycles. The van der Waals surface area contributed by atoms with Crippen LogP contribution in [0.3, 0.4) is 0 Å². The molecule has 4 N–H and O–H groups in total. The maximum absolute atomic E-state index is 13.1. The third kappa shape index (κ3) is 74.8. The monoisotopic (exact) mass is 1470 g/mol. The van der Waals surface area contributed by atoms with Gasteiger partial charge in [0.1, 0.15) is 25.4 Å². The largest absolute Gasteiger partial charge is 0.472 e. The van der Waals surface area contributed by atoms with Gasteiger partial charge in [0.05, 0.1) is 26.4 Å². The molecule has 0 bridgehead atoms. The predicted molar refractivity (Wildman–Crippen MR) is 410 cm³/mol. The van der Waals surface area contributed by atoms with Crippen LogP contribution in [0.5, 0.6) is 0 Å². The highest BCUT2D eigenvalue weighted by molar-refractivity contribution is 7.47. The second kappa shape index (κ2) is 75.7. The molecule has 17 nitrogen and oxygen atoms in total. The number of unbranched alkanes of at least 4 members (excludes halogenated alkanes) is 56. The molecule has 0 spiro atoms. The minimum atomic E-state index is -4.95. The average molecular weight is 1470 g/mol. The first-order valence-corrected chi connectivity index (χ1v) is 45.4. The van der Waals surface area contributed by atoms with Crippen molar-refractivity contribution >= 4 is 33.6 Å². The number of esters is 3. The summed E-state index contributed by atoms with van der Waals surface area (Å²) in [4.78, 5) is 60.1. The van der Waals surface area contributed by atoms with Crippen LogP contribution in [0.4, 0.5) is 0 Å². The van der Waals surface area contributed by atoms with Crippen molar-refractivity contribution in [1.82, 2.24) is 0 Å². The highest BCUT2D eigenvalue weighted by Crippen LogP contribution is 2.45. The molecule has 0 aliphatic rings. The Morgan fingerprint density at radius 1 is 0.270 bits per heavy atom. The van der Waals surface area contributed by atoms with Crippen LogP contribution in [0.2, 0.25) is 0 Å². The van der Waals surface area contributed by atoms with Crippen molar-refractivity contribution in [1.29, 1.82) is 0 Å². The normalized spacial score (nSPS) is 14.2. The van der Waals surface area contributed by atoms with Crippen LogP contribution in [0.15, 0.2) is 0 Å². The number of rotatable bonds is 83. The summed E-state index contributed by atoms with van der Waals surface area (Å²) < 4.78 is 69.1. The summed E-state index contributed by atoms with van der Waals surface area (Å²) >= 11 is 0. The van der Waals surface area contributed by atoms with E-state index in [1.165, 1.54) is 276 Å². The van der Waals surface area contributed by atoms with Crippen molar-refractivity contribution in [3.8, 4) is 0 Å². The van der Waals surface area contributed by atoms with Gasteiger partial charge in [-0.05, 0) is 32.1 Å². The van der Waals surface area contributed by atoms with E-state index in [2.05, 4.69) is 27.7 Å². The molecular formula is C81H160O17P2. The first-order chi connectivity index (χ1) is 48.7. The Hall–Kier alpha value is -1.49. The van der Waals surface area contributed by atoms with Crippen LogP contribution in [0.25, 0.3) is 0 Å². The lowest BCUT2D eigenvalue weighted by molar-refractivity contribution is -0.174. The van der Waals surface area contributed by atoms with Crippen molar-refractivity contribution in [2.24, 2.45) is 0 Å². The molecule has 0 heterocycles. The molecular weight excluding hydrogens is 1310 g/mol.